The van der Waals surface area contributed by atoms with Crippen molar-refractivity contribution in [3.63, 3.8) is 0 Å². The fourth-order valence-electron chi connectivity index (χ4n) is 1.59. The summed E-state index contributed by atoms with van der Waals surface area (Å²) in [5.74, 6) is -0.868. The van der Waals surface area contributed by atoms with Crippen molar-refractivity contribution in [2.75, 3.05) is 0 Å². The number of aromatic carboxylic acids is 1. The van der Waals surface area contributed by atoms with E-state index < -0.39 is 12.3 Å². The van der Waals surface area contributed by atoms with E-state index in [1.165, 1.54) is 49.4 Å². The van der Waals surface area contributed by atoms with Crippen LogP contribution in [0.3, 0.4) is 0 Å². The van der Waals surface area contributed by atoms with Crippen LogP contribution in [0, 0.1) is 0 Å². The number of hydrogen-bond acceptors (Lipinski definition) is 5. The second kappa shape index (κ2) is 7.36. The van der Waals surface area contributed by atoms with Gasteiger partial charge in [-0.3, -0.25) is 0 Å². The number of furan rings is 1. The van der Waals surface area contributed by atoms with Gasteiger partial charge in [0.1, 0.15) is 12.0 Å². The molecule has 2 heterocycles. The molecule has 0 saturated carbocycles. The maximum absolute atomic E-state index is 12.0. The molecular weight excluding hydrogens is 331 g/mol. The lowest BCUT2D eigenvalue weighted by molar-refractivity contribution is -0.274. The Labute approximate surface area is 133 Å². The van der Waals surface area contributed by atoms with Crippen molar-refractivity contribution in [3.8, 4) is 17.1 Å². The minimum atomic E-state index is -4.69. The van der Waals surface area contributed by atoms with Crippen molar-refractivity contribution < 1.29 is 36.6 Å². The van der Waals surface area contributed by atoms with Gasteiger partial charge in [0.15, 0.2) is 12.2 Å². The summed E-state index contributed by atoms with van der Waals surface area (Å²) < 4.78 is 49.1. The molecule has 0 bridgehead atoms. The van der Waals surface area contributed by atoms with Gasteiger partial charge < -0.3 is 18.7 Å². The molecule has 0 saturated heterocycles. The van der Waals surface area contributed by atoms with Gasteiger partial charge in [-0.2, -0.15) is 0 Å². The zero-order valence-electron chi connectivity index (χ0n) is 11.9. The molecule has 3 aromatic rings. The summed E-state index contributed by atoms with van der Waals surface area (Å²) in [6.45, 7) is 0. The number of carboxylic acid groups (broad SMARTS) is 1. The Morgan fingerprint density at radius 3 is 2.54 bits per heavy atom. The lowest BCUT2D eigenvalue weighted by Gasteiger charge is -2.08. The Morgan fingerprint density at radius 2 is 2.04 bits per heavy atom. The van der Waals surface area contributed by atoms with Crippen LogP contribution in [-0.4, -0.2) is 22.4 Å². The number of nitrogens with zero attached hydrogens (tertiary/aromatic N) is 1. The minimum absolute atomic E-state index is 0.185. The zero-order chi connectivity index (χ0) is 17.6. The lowest BCUT2D eigenvalue weighted by atomic mass is 10.2. The standard InChI is InChI=1S/C10H6F3NO2.C5H4O3/c11-10(12,13)16-8-3-1-2-7(4-8)9-5-14-6-15-9;6-5(7)4-1-2-8-3-4/h1-6H;1-3H,(H,6,7). The van der Waals surface area contributed by atoms with Crippen molar-refractivity contribution in [2.24, 2.45) is 0 Å². The molecule has 2 aromatic heterocycles. The van der Waals surface area contributed by atoms with E-state index in [9.17, 15) is 18.0 Å². The van der Waals surface area contributed by atoms with Crippen molar-refractivity contribution in [2.45, 2.75) is 6.36 Å². The number of benzene rings is 1. The van der Waals surface area contributed by atoms with Crippen LogP contribution in [-0.2, 0) is 0 Å². The first-order valence-corrected chi connectivity index (χ1v) is 6.35. The summed E-state index contributed by atoms with van der Waals surface area (Å²) >= 11 is 0. The quantitative estimate of drug-likeness (QED) is 0.768. The number of carboxylic acids is 1. The first-order valence-electron chi connectivity index (χ1n) is 6.35. The van der Waals surface area contributed by atoms with Crippen LogP contribution in [0.15, 0.2) is 64.3 Å². The van der Waals surface area contributed by atoms with Gasteiger partial charge in [0.05, 0.1) is 18.0 Å². The highest BCUT2D eigenvalue weighted by molar-refractivity contribution is 5.86. The van der Waals surface area contributed by atoms with Gasteiger partial charge in [-0.1, -0.05) is 12.1 Å². The van der Waals surface area contributed by atoms with E-state index >= 15 is 0 Å². The van der Waals surface area contributed by atoms with Crippen LogP contribution >= 0.6 is 0 Å². The van der Waals surface area contributed by atoms with Crippen LogP contribution in [0.1, 0.15) is 10.4 Å². The SMILES string of the molecule is FC(F)(F)Oc1cccc(-c2cnco2)c1.O=C(O)c1ccoc1. The second-order valence-electron chi connectivity index (χ2n) is 4.26. The Bertz CT molecular complexity index is 767. The molecule has 1 aromatic carbocycles. The van der Waals surface area contributed by atoms with E-state index in [1.807, 2.05) is 0 Å². The maximum Gasteiger partial charge on any atom is 0.573 e. The van der Waals surface area contributed by atoms with Crippen LogP contribution in [0.5, 0.6) is 5.75 Å². The highest BCUT2D eigenvalue weighted by atomic mass is 19.4. The Hall–Kier alpha value is -3.23. The first-order chi connectivity index (χ1) is 11.3. The molecule has 0 amide bonds. The van der Waals surface area contributed by atoms with E-state index in [2.05, 4.69) is 14.1 Å². The third-order valence-electron chi connectivity index (χ3n) is 2.55. The average molecular weight is 341 g/mol. The van der Waals surface area contributed by atoms with E-state index in [-0.39, 0.29) is 11.3 Å². The lowest BCUT2D eigenvalue weighted by Crippen LogP contribution is -2.17. The van der Waals surface area contributed by atoms with Crippen LogP contribution in [0.2, 0.25) is 0 Å². The number of ether oxygens (including phenoxy) is 1. The van der Waals surface area contributed by atoms with Crippen LogP contribution in [0.25, 0.3) is 11.3 Å². The highest BCUT2D eigenvalue weighted by Crippen LogP contribution is 2.27. The molecule has 0 spiro atoms. The van der Waals surface area contributed by atoms with Gasteiger partial charge in [0.2, 0.25) is 0 Å². The summed E-state index contributed by atoms with van der Waals surface area (Å²) in [7, 11) is 0. The number of carbonyl (C=O) groups is 1. The molecule has 0 aliphatic rings. The number of halogens is 3. The van der Waals surface area contributed by atoms with Crippen molar-refractivity contribution in [1.29, 1.82) is 0 Å². The monoisotopic (exact) mass is 341 g/mol. The average Bonchev–Trinajstić information content (AvgIpc) is 3.20. The first kappa shape index (κ1) is 17.1. The molecule has 0 radical (unpaired) electrons. The molecule has 0 aliphatic heterocycles. The largest absolute Gasteiger partial charge is 0.573 e. The second-order valence-corrected chi connectivity index (χ2v) is 4.26. The van der Waals surface area contributed by atoms with Gasteiger partial charge in [-0.25, -0.2) is 9.78 Å². The molecule has 6 nitrogen and oxygen atoms in total. The minimum Gasteiger partial charge on any atom is -0.478 e. The molecule has 24 heavy (non-hydrogen) atoms. The summed E-state index contributed by atoms with van der Waals surface area (Å²) in [5, 5.41) is 8.21. The molecule has 3 rings (SSSR count). The normalized spacial score (nSPS) is 10.6. The van der Waals surface area contributed by atoms with Crippen molar-refractivity contribution in [3.05, 3.63) is 61.0 Å². The number of rotatable bonds is 3. The number of oxazole rings is 1. The third-order valence-corrected chi connectivity index (χ3v) is 2.55. The number of aromatic nitrogens is 1. The molecule has 0 fully saturated rings. The molecular formula is C15H10F3NO5. The fourth-order valence-corrected chi connectivity index (χ4v) is 1.59. The summed E-state index contributed by atoms with van der Waals surface area (Å²) in [4.78, 5) is 13.7. The fraction of sp³-hybridized carbons (Fsp3) is 0.0667. The van der Waals surface area contributed by atoms with Crippen molar-refractivity contribution >= 4 is 5.97 Å². The van der Waals surface area contributed by atoms with Crippen LogP contribution in [0.4, 0.5) is 13.2 Å². The van der Waals surface area contributed by atoms with Crippen LogP contribution < -0.4 is 4.74 Å². The van der Waals surface area contributed by atoms with Gasteiger partial charge >= 0.3 is 12.3 Å². The molecule has 9 heteroatoms. The highest BCUT2D eigenvalue weighted by Gasteiger charge is 2.31. The number of alkyl halides is 3. The summed E-state index contributed by atoms with van der Waals surface area (Å²) in [5.41, 5.74) is 0.657. The number of hydrogen-bond donors (Lipinski definition) is 1. The molecule has 1 N–H and O–H groups in total. The smallest absolute Gasteiger partial charge is 0.478 e. The van der Waals surface area contributed by atoms with Gasteiger partial charge in [0.25, 0.3) is 0 Å². The Kier molecular flexibility index (Phi) is 5.25. The molecule has 0 atom stereocenters. The van der Waals surface area contributed by atoms with Crippen molar-refractivity contribution in [1.82, 2.24) is 4.98 Å². The van der Waals surface area contributed by atoms with Gasteiger partial charge in [0, 0.05) is 5.56 Å². The topological polar surface area (TPSA) is 85.7 Å². The maximum atomic E-state index is 12.0. The zero-order valence-corrected chi connectivity index (χ0v) is 11.9. The van der Waals surface area contributed by atoms with E-state index in [0.717, 1.165) is 0 Å². The van der Waals surface area contributed by atoms with Gasteiger partial charge in [-0.15, -0.1) is 13.2 Å². The van der Waals surface area contributed by atoms with Gasteiger partial charge in [-0.05, 0) is 18.2 Å². The molecule has 0 aliphatic carbocycles. The molecule has 0 unspecified atom stereocenters. The van der Waals surface area contributed by atoms with E-state index in [1.54, 1.807) is 6.07 Å². The summed E-state index contributed by atoms with van der Waals surface area (Å²) in [6.07, 6.45) is 0.422. The predicted octanol–water partition coefficient (Wildman–Crippen LogP) is 4.22. The predicted molar refractivity (Wildman–Crippen MR) is 74.3 cm³/mol. The Balaban J connectivity index is 0.000000219. The third kappa shape index (κ3) is 5.20. The van der Waals surface area contributed by atoms with E-state index in [4.69, 9.17) is 9.52 Å². The van der Waals surface area contributed by atoms with E-state index in [0.29, 0.717) is 11.3 Å². The summed E-state index contributed by atoms with van der Waals surface area (Å²) in [6, 6.07) is 6.88. The Morgan fingerprint density at radius 1 is 1.25 bits per heavy atom. The molecule has 126 valence electrons.